The molecule has 24 heavy (non-hydrogen) atoms. The number of aromatic nitrogens is 1. The van der Waals surface area contributed by atoms with Crippen LogP contribution in [0.5, 0.6) is 0 Å². The van der Waals surface area contributed by atoms with E-state index in [0.29, 0.717) is 13.2 Å². The first kappa shape index (κ1) is 15.0. The Morgan fingerprint density at radius 2 is 2.00 bits per heavy atom. The molecule has 1 aromatic heterocycles. The molecule has 1 unspecified atom stereocenters. The number of amides is 1. The van der Waals surface area contributed by atoms with E-state index >= 15 is 0 Å². The van der Waals surface area contributed by atoms with E-state index in [4.69, 9.17) is 4.74 Å². The quantitative estimate of drug-likeness (QED) is 0.764. The highest BCUT2D eigenvalue weighted by atomic mass is 32.1. The number of cyclic esters (lactones) is 1. The van der Waals surface area contributed by atoms with Crippen LogP contribution in [0.1, 0.15) is 18.5 Å². The maximum Gasteiger partial charge on any atom is 0.414 e. The number of carbonyl (C=O) groups is 1. The van der Waals surface area contributed by atoms with Crippen molar-refractivity contribution in [3.63, 3.8) is 0 Å². The standard InChI is InChI=1S/C18H17N3O2S/c1-12(19-17-20-15-4-2-3-5-16(15)24-17)13-6-8-14(9-7-13)21-10-11-23-18(21)22/h2-9,12H,10-11H2,1H3,(H,19,20). The second-order valence-electron chi connectivity index (χ2n) is 5.71. The number of nitrogens with one attached hydrogen (secondary N) is 1. The molecule has 1 fully saturated rings. The van der Waals surface area contributed by atoms with Gasteiger partial charge >= 0.3 is 6.09 Å². The summed E-state index contributed by atoms with van der Waals surface area (Å²) in [5.41, 5.74) is 3.03. The molecule has 5 nitrogen and oxygen atoms in total. The van der Waals surface area contributed by atoms with Gasteiger partial charge in [-0.3, -0.25) is 4.90 Å². The minimum Gasteiger partial charge on any atom is -0.447 e. The zero-order valence-electron chi connectivity index (χ0n) is 13.2. The maximum absolute atomic E-state index is 11.6. The Labute approximate surface area is 143 Å². The second kappa shape index (κ2) is 6.13. The van der Waals surface area contributed by atoms with Crippen LogP contribution in [0.25, 0.3) is 10.2 Å². The van der Waals surface area contributed by atoms with Crippen molar-refractivity contribution in [2.75, 3.05) is 23.4 Å². The third-order valence-electron chi connectivity index (χ3n) is 4.10. The molecule has 1 aliphatic heterocycles. The lowest BCUT2D eigenvalue weighted by atomic mass is 10.1. The Balaban J connectivity index is 1.49. The summed E-state index contributed by atoms with van der Waals surface area (Å²) in [4.78, 5) is 17.9. The first-order valence-electron chi connectivity index (χ1n) is 7.87. The highest BCUT2D eigenvalue weighted by Gasteiger charge is 2.23. The van der Waals surface area contributed by atoms with Crippen molar-refractivity contribution in [1.29, 1.82) is 0 Å². The summed E-state index contributed by atoms with van der Waals surface area (Å²) in [7, 11) is 0. The van der Waals surface area contributed by atoms with Crippen molar-refractivity contribution >= 4 is 38.5 Å². The lowest BCUT2D eigenvalue weighted by Crippen LogP contribution is -2.23. The molecule has 3 aromatic rings. The molecule has 0 spiro atoms. The number of fused-ring (bicyclic) bond motifs is 1. The molecule has 122 valence electrons. The van der Waals surface area contributed by atoms with Gasteiger partial charge in [-0.1, -0.05) is 35.6 Å². The SMILES string of the molecule is CC(Nc1nc2ccccc2s1)c1ccc(N2CCOC2=O)cc1. The molecular formula is C18H17N3O2S. The fraction of sp³-hybridized carbons (Fsp3) is 0.222. The highest BCUT2D eigenvalue weighted by Crippen LogP contribution is 2.29. The molecule has 2 heterocycles. The second-order valence-corrected chi connectivity index (χ2v) is 6.74. The van der Waals surface area contributed by atoms with Gasteiger partial charge in [-0.15, -0.1) is 0 Å². The van der Waals surface area contributed by atoms with Crippen LogP contribution >= 0.6 is 11.3 Å². The zero-order valence-corrected chi connectivity index (χ0v) is 14.0. The number of anilines is 2. The Bertz CT molecular complexity index is 842. The van der Waals surface area contributed by atoms with Gasteiger partial charge in [0, 0.05) is 5.69 Å². The van der Waals surface area contributed by atoms with Gasteiger partial charge < -0.3 is 10.1 Å². The van der Waals surface area contributed by atoms with E-state index in [0.717, 1.165) is 21.9 Å². The molecule has 0 aliphatic carbocycles. The van der Waals surface area contributed by atoms with Crippen LogP contribution < -0.4 is 10.2 Å². The van der Waals surface area contributed by atoms with Gasteiger partial charge in [-0.05, 0) is 36.8 Å². The summed E-state index contributed by atoms with van der Waals surface area (Å²) in [6.45, 7) is 3.17. The average molecular weight is 339 g/mol. The summed E-state index contributed by atoms with van der Waals surface area (Å²) in [6.07, 6.45) is -0.275. The van der Waals surface area contributed by atoms with Crippen molar-refractivity contribution < 1.29 is 9.53 Å². The summed E-state index contributed by atoms with van der Waals surface area (Å²) in [6, 6.07) is 16.2. The average Bonchev–Trinajstić information content (AvgIpc) is 3.20. The van der Waals surface area contributed by atoms with E-state index in [1.54, 1.807) is 16.2 Å². The van der Waals surface area contributed by atoms with Gasteiger partial charge in [0.1, 0.15) is 6.61 Å². The topological polar surface area (TPSA) is 54.5 Å². The van der Waals surface area contributed by atoms with Crippen molar-refractivity contribution in [2.24, 2.45) is 0 Å². The molecule has 2 aromatic carbocycles. The number of rotatable bonds is 4. The first-order valence-corrected chi connectivity index (χ1v) is 8.69. The predicted molar refractivity (Wildman–Crippen MR) is 96.8 cm³/mol. The summed E-state index contributed by atoms with van der Waals surface area (Å²) in [5, 5.41) is 4.36. The number of nitrogens with zero attached hydrogens (tertiary/aromatic N) is 2. The smallest absolute Gasteiger partial charge is 0.414 e. The van der Waals surface area contributed by atoms with E-state index in [9.17, 15) is 4.79 Å². The number of hydrogen-bond donors (Lipinski definition) is 1. The van der Waals surface area contributed by atoms with Crippen LogP contribution in [0.4, 0.5) is 15.6 Å². The van der Waals surface area contributed by atoms with Gasteiger partial charge in [0.15, 0.2) is 5.13 Å². The van der Waals surface area contributed by atoms with Gasteiger partial charge in [0.05, 0.1) is 22.8 Å². The third kappa shape index (κ3) is 2.80. The van der Waals surface area contributed by atoms with Crippen LogP contribution in [0.3, 0.4) is 0 Å². The fourth-order valence-electron chi connectivity index (χ4n) is 2.77. The van der Waals surface area contributed by atoms with Crippen LogP contribution in [-0.4, -0.2) is 24.2 Å². The Morgan fingerprint density at radius 3 is 2.71 bits per heavy atom. The van der Waals surface area contributed by atoms with Crippen LogP contribution in [0, 0.1) is 0 Å². The summed E-state index contributed by atoms with van der Waals surface area (Å²) >= 11 is 1.65. The van der Waals surface area contributed by atoms with Gasteiger partial charge in [-0.2, -0.15) is 0 Å². The summed E-state index contributed by atoms with van der Waals surface area (Å²) in [5.74, 6) is 0. The molecule has 0 bridgehead atoms. The molecule has 0 saturated carbocycles. The number of para-hydroxylation sites is 1. The maximum atomic E-state index is 11.6. The van der Waals surface area contributed by atoms with Crippen LogP contribution in [-0.2, 0) is 4.74 Å². The van der Waals surface area contributed by atoms with E-state index in [1.807, 2.05) is 42.5 Å². The van der Waals surface area contributed by atoms with Gasteiger partial charge in [-0.25, -0.2) is 9.78 Å². The van der Waals surface area contributed by atoms with E-state index < -0.39 is 0 Å². The van der Waals surface area contributed by atoms with Crippen molar-refractivity contribution in [1.82, 2.24) is 4.98 Å². The molecule has 1 aliphatic rings. The van der Waals surface area contributed by atoms with E-state index in [-0.39, 0.29) is 12.1 Å². The Kier molecular flexibility index (Phi) is 3.82. The van der Waals surface area contributed by atoms with E-state index in [1.165, 1.54) is 4.70 Å². The largest absolute Gasteiger partial charge is 0.447 e. The summed E-state index contributed by atoms with van der Waals surface area (Å²) < 4.78 is 6.15. The van der Waals surface area contributed by atoms with Crippen molar-refractivity contribution in [2.45, 2.75) is 13.0 Å². The number of benzene rings is 2. The Hall–Kier alpha value is -2.60. The minimum atomic E-state index is -0.275. The Morgan fingerprint density at radius 1 is 1.21 bits per heavy atom. The predicted octanol–water partition coefficient (Wildman–Crippen LogP) is 4.43. The fourth-order valence-corrected chi connectivity index (χ4v) is 3.73. The molecule has 1 amide bonds. The van der Waals surface area contributed by atoms with Gasteiger partial charge in [0.25, 0.3) is 0 Å². The number of hydrogen-bond acceptors (Lipinski definition) is 5. The van der Waals surface area contributed by atoms with Crippen molar-refractivity contribution in [3.8, 4) is 0 Å². The van der Waals surface area contributed by atoms with Crippen LogP contribution in [0.2, 0.25) is 0 Å². The molecule has 6 heteroatoms. The number of carbonyl (C=O) groups excluding carboxylic acids is 1. The highest BCUT2D eigenvalue weighted by molar-refractivity contribution is 7.22. The normalized spacial score (nSPS) is 15.5. The monoisotopic (exact) mass is 339 g/mol. The zero-order chi connectivity index (χ0) is 16.5. The number of thiazole rings is 1. The molecule has 4 rings (SSSR count). The van der Waals surface area contributed by atoms with Crippen LogP contribution in [0.15, 0.2) is 48.5 Å². The number of ether oxygens (including phenoxy) is 1. The lowest BCUT2D eigenvalue weighted by molar-refractivity contribution is 0.181. The van der Waals surface area contributed by atoms with E-state index in [2.05, 4.69) is 23.3 Å². The van der Waals surface area contributed by atoms with Gasteiger partial charge in [0.2, 0.25) is 0 Å². The molecule has 0 radical (unpaired) electrons. The minimum absolute atomic E-state index is 0.130. The first-order chi connectivity index (χ1) is 11.7. The lowest BCUT2D eigenvalue weighted by Gasteiger charge is -2.16. The molecular weight excluding hydrogens is 322 g/mol. The molecule has 1 saturated heterocycles. The molecule has 1 atom stereocenters. The van der Waals surface area contributed by atoms with Crippen molar-refractivity contribution in [3.05, 3.63) is 54.1 Å². The molecule has 1 N–H and O–H groups in total. The third-order valence-corrected chi connectivity index (χ3v) is 5.07.